The number of aromatic nitrogens is 2. The quantitative estimate of drug-likeness (QED) is 0.342. The Kier molecular flexibility index (Phi) is 7.03. The third kappa shape index (κ3) is 5.72. The van der Waals surface area contributed by atoms with Crippen molar-refractivity contribution in [2.24, 2.45) is 7.05 Å². The Labute approximate surface area is 216 Å². The van der Waals surface area contributed by atoms with Crippen LogP contribution in [0.15, 0.2) is 91.3 Å². The molecule has 4 aromatic rings. The van der Waals surface area contributed by atoms with Crippen molar-refractivity contribution in [2.75, 3.05) is 5.32 Å². The number of nitrogens with zero attached hydrogens (tertiary/aromatic N) is 2. The van der Waals surface area contributed by atoms with Crippen LogP contribution in [0.5, 0.6) is 0 Å². The fourth-order valence-corrected chi connectivity index (χ4v) is 4.59. The number of benzene rings is 3. The molecular formula is C30H30N4O3. The first-order valence-corrected chi connectivity index (χ1v) is 12.5. The summed E-state index contributed by atoms with van der Waals surface area (Å²) in [5.41, 5.74) is 5.44. The van der Waals surface area contributed by atoms with Crippen molar-refractivity contribution in [3.05, 3.63) is 108 Å². The summed E-state index contributed by atoms with van der Waals surface area (Å²) in [6.45, 7) is 1.97. The molecule has 2 amide bonds. The fraction of sp³-hybridized carbons (Fsp3) is 0.233. The summed E-state index contributed by atoms with van der Waals surface area (Å²) in [6, 6.07) is 26.2. The molecule has 1 atom stereocenters. The number of hydrogen-bond donors (Lipinski definition) is 2. The van der Waals surface area contributed by atoms with Crippen molar-refractivity contribution >= 4 is 17.7 Å². The van der Waals surface area contributed by atoms with Crippen LogP contribution in [0.2, 0.25) is 0 Å². The van der Waals surface area contributed by atoms with Gasteiger partial charge in [-0.05, 0) is 43.0 Å². The topological polar surface area (TPSA) is 85.3 Å². The molecule has 7 nitrogen and oxygen atoms in total. The predicted molar refractivity (Wildman–Crippen MR) is 143 cm³/mol. The number of carbonyl (C=O) groups is 2. The first-order valence-electron chi connectivity index (χ1n) is 12.5. The van der Waals surface area contributed by atoms with Crippen molar-refractivity contribution in [3.63, 3.8) is 0 Å². The largest absolute Gasteiger partial charge is 0.446 e. The molecule has 188 valence electrons. The molecule has 1 aliphatic carbocycles. The molecule has 1 fully saturated rings. The number of aryl methyl sites for hydroxylation is 2. The van der Waals surface area contributed by atoms with Gasteiger partial charge in [-0.25, -0.2) is 9.78 Å². The van der Waals surface area contributed by atoms with E-state index in [1.165, 1.54) is 0 Å². The Morgan fingerprint density at radius 2 is 1.51 bits per heavy atom. The lowest BCUT2D eigenvalue weighted by atomic mass is 9.84. The summed E-state index contributed by atoms with van der Waals surface area (Å²) in [6.07, 6.45) is 2.84. The first kappa shape index (κ1) is 24.3. The number of imidazole rings is 1. The van der Waals surface area contributed by atoms with Crippen LogP contribution < -0.4 is 10.6 Å². The summed E-state index contributed by atoms with van der Waals surface area (Å²) in [5.74, 6) is -0.736. The molecule has 0 radical (unpaired) electrons. The van der Waals surface area contributed by atoms with Crippen LogP contribution in [0.25, 0.3) is 11.3 Å². The first-order chi connectivity index (χ1) is 18.0. The third-order valence-corrected chi connectivity index (χ3v) is 6.55. The number of ether oxygens (including phenoxy) is 1. The SMILES string of the molecule is Cc1ncn(C)c1-c1ccc(NC(=O)[C@@H](NC(=O)OC2CC2)C(c2ccccc2)c2ccccc2)cc1. The average Bonchev–Trinajstić information content (AvgIpc) is 3.66. The van der Waals surface area contributed by atoms with Gasteiger partial charge in [0.25, 0.3) is 0 Å². The molecule has 5 rings (SSSR count). The lowest BCUT2D eigenvalue weighted by molar-refractivity contribution is -0.118. The van der Waals surface area contributed by atoms with Gasteiger partial charge >= 0.3 is 6.09 Å². The van der Waals surface area contributed by atoms with Gasteiger partial charge < -0.3 is 19.9 Å². The Bertz CT molecular complexity index is 1300. The van der Waals surface area contributed by atoms with E-state index in [0.29, 0.717) is 5.69 Å². The number of amides is 2. The van der Waals surface area contributed by atoms with Crippen LogP contribution >= 0.6 is 0 Å². The van der Waals surface area contributed by atoms with E-state index in [1.807, 2.05) is 103 Å². The fourth-order valence-electron chi connectivity index (χ4n) is 4.59. The van der Waals surface area contributed by atoms with Crippen LogP contribution in [0, 0.1) is 6.92 Å². The van der Waals surface area contributed by atoms with Crippen molar-refractivity contribution in [1.29, 1.82) is 0 Å². The summed E-state index contributed by atoms with van der Waals surface area (Å²) in [4.78, 5) is 30.9. The number of alkyl carbamates (subject to hydrolysis) is 1. The van der Waals surface area contributed by atoms with Gasteiger partial charge in [-0.15, -0.1) is 0 Å². The smallest absolute Gasteiger partial charge is 0.408 e. The molecule has 7 heteroatoms. The summed E-state index contributed by atoms with van der Waals surface area (Å²) < 4.78 is 7.43. The molecule has 1 heterocycles. The maximum Gasteiger partial charge on any atom is 0.408 e. The van der Waals surface area contributed by atoms with E-state index in [2.05, 4.69) is 15.6 Å². The predicted octanol–water partition coefficient (Wildman–Crippen LogP) is 5.42. The van der Waals surface area contributed by atoms with Crippen molar-refractivity contribution in [3.8, 4) is 11.3 Å². The highest BCUT2D eigenvalue weighted by Gasteiger charge is 2.35. The second kappa shape index (κ2) is 10.7. The van der Waals surface area contributed by atoms with E-state index in [4.69, 9.17) is 4.74 Å². The Morgan fingerprint density at radius 3 is 2.03 bits per heavy atom. The Hall–Kier alpha value is -4.39. The van der Waals surface area contributed by atoms with Crippen LogP contribution in [0.3, 0.4) is 0 Å². The maximum atomic E-state index is 13.8. The van der Waals surface area contributed by atoms with Crippen LogP contribution in [0.4, 0.5) is 10.5 Å². The molecular weight excluding hydrogens is 464 g/mol. The van der Waals surface area contributed by atoms with Crippen LogP contribution in [0.1, 0.15) is 35.6 Å². The minimum Gasteiger partial charge on any atom is -0.446 e. The van der Waals surface area contributed by atoms with E-state index >= 15 is 0 Å². The summed E-state index contributed by atoms with van der Waals surface area (Å²) in [5, 5.41) is 5.88. The monoisotopic (exact) mass is 494 g/mol. The third-order valence-electron chi connectivity index (χ3n) is 6.55. The number of hydrogen-bond acceptors (Lipinski definition) is 4. The molecule has 37 heavy (non-hydrogen) atoms. The van der Waals surface area contributed by atoms with E-state index in [1.54, 1.807) is 6.33 Å². The van der Waals surface area contributed by atoms with Crippen molar-refractivity contribution < 1.29 is 14.3 Å². The Balaban J connectivity index is 1.44. The van der Waals surface area contributed by atoms with E-state index < -0.39 is 18.1 Å². The minimum absolute atomic E-state index is 0.0707. The second-order valence-corrected chi connectivity index (χ2v) is 9.38. The van der Waals surface area contributed by atoms with E-state index in [9.17, 15) is 9.59 Å². The highest BCUT2D eigenvalue weighted by Crippen LogP contribution is 2.30. The number of carbonyl (C=O) groups excluding carboxylic acids is 2. The zero-order valence-electron chi connectivity index (χ0n) is 20.9. The lowest BCUT2D eigenvalue weighted by Crippen LogP contribution is -2.48. The highest BCUT2D eigenvalue weighted by molar-refractivity contribution is 5.98. The lowest BCUT2D eigenvalue weighted by Gasteiger charge is -2.28. The molecule has 0 aliphatic heterocycles. The maximum absolute atomic E-state index is 13.8. The average molecular weight is 495 g/mol. The van der Waals surface area contributed by atoms with Gasteiger partial charge in [0.1, 0.15) is 12.1 Å². The highest BCUT2D eigenvalue weighted by atomic mass is 16.6. The van der Waals surface area contributed by atoms with Gasteiger partial charge in [0.2, 0.25) is 5.91 Å². The van der Waals surface area contributed by atoms with Crippen LogP contribution in [-0.4, -0.2) is 33.7 Å². The van der Waals surface area contributed by atoms with Crippen molar-refractivity contribution in [2.45, 2.75) is 37.8 Å². The Morgan fingerprint density at radius 1 is 0.919 bits per heavy atom. The molecule has 0 spiro atoms. The molecule has 1 saturated carbocycles. The standard InChI is InChI=1S/C30H30N4O3/c1-20-28(34(2)19-31-20)23-13-15-24(16-14-23)32-29(35)27(33-30(36)37-25-17-18-25)26(21-9-5-3-6-10-21)22-11-7-4-8-12-22/h3-16,19,25-27H,17-18H2,1-2H3,(H,32,35)(H,33,36)/t27-/m0/s1. The molecule has 2 N–H and O–H groups in total. The van der Waals surface area contributed by atoms with Gasteiger partial charge in [-0.1, -0.05) is 72.8 Å². The van der Waals surface area contributed by atoms with Gasteiger partial charge in [-0.3, -0.25) is 4.79 Å². The van der Waals surface area contributed by atoms with Gasteiger partial charge in [-0.2, -0.15) is 0 Å². The molecule has 0 bridgehead atoms. The van der Waals surface area contributed by atoms with Crippen LogP contribution in [-0.2, 0) is 16.6 Å². The normalized spacial score (nSPS) is 13.7. The second-order valence-electron chi connectivity index (χ2n) is 9.38. The molecule has 0 saturated heterocycles. The van der Waals surface area contributed by atoms with Crippen molar-refractivity contribution in [1.82, 2.24) is 14.9 Å². The van der Waals surface area contributed by atoms with E-state index in [-0.39, 0.29) is 12.0 Å². The summed E-state index contributed by atoms with van der Waals surface area (Å²) >= 11 is 0. The van der Waals surface area contributed by atoms with Gasteiger partial charge in [0, 0.05) is 24.2 Å². The number of rotatable bonds is 8. The molecule has 1 aromatic heterocycles. The van der Waals surface area contributed by atoms with Gasteiger partial charge in [0.15, 0.2) is 0 Å². The zero-order chi connectivity index (χ0) is 25.8. The zero-order valence-corrected chi connectivity index (χ0v) is 20.9. The summed E-state index contributed by atoms with van der Waals surface area (Å²) in [7, 11) is 1.95. The van der Waals surface area contributed by atoms with E-state index in [0.717, 1.165) is 40.9 Å². The van der Waals surface area contributed by atoms with Gasteiger partial charge in [0.05, 0.1) is 17.7 Å². The number of anilines is 1. The minimum atomic E-state index is -0.893. The molecule has 0 unspecified atom stereocenters. The number of nitrogens with one attached hydrogen (secondary N) is 2. The molecule has 3 aromatic carbocycles. The molecule has 1 aliphatic rings.